The van der Waals surface area contributed by atoms with Crippen LogP contribution in [0, 0.1) is 0 Å². The van der Waals surface area contributed by atoms with E-state index in [2.05, 4.69) is 39.1 Å². The molecule has 5 heteroatoms. The molecule has 26 heavy (non-hydrogen) atoms. The number of aromatic nitrogens is 2. The minimum atomic E-state index is -0.171. The highest BCUT2D eigenvalue weighted by Crippen LogP contribution is 2.38. The van der Waals surface area contributed by atoms with Crippen LogP contribution < -0.4 is 4.74 Å². The normalized spacial score (nSPS) is 24.0. The molecule has 5 nitrogen and oxygen atoms in total. The van der Waals surface area contributed by atoms with Crippen molar-refractivity contribution in [3.63, 3.8) is 0 Å². The topological polar surface area (TPSA) is 50.4 Å². The summed E-state index contributed by atoms with van der Waals surface area (Å²) in [5.74, 6) is 1.94. The Morgan fingerprint density at radius 1 is 1.15 bits per heavy atom. The number of likely N-dealkylation sites (tertiary alicyclic amines) is 1. The average Bonchev–Trinajstić information content (AvgIpc) is 3.40. The summed E-state index contributed by atoms with van der Waals surface area (Å²) in [7, 11) is 0. The second-order valence-corrected chi connectivity index (χ2v) is 7.45. The molecule has 2 saturated heterocycles. The van der Waals surface area contributed by atoms with Gasteiger partial charge in [0.15, 0.2) is 0 Å². The third-order valence-electron chi connectivity index (χ3n) is 5.69. The number of rotatable bonds is 7. The highest BCUT2D eigenvalue weighted by molar-refractivity contribution is 5.37. The van der Waals surface area contributed by atoms with Crippen molar-refractivity contribution in [1.82, 2.24) is 14.9 Å². The molecule has 0 radical (unpaired) electrons. The smallest absolute Gasteiger partial charge is 0.119 e. The maximum atomic E-state index is 5.95. The van der Waals surface area contributed by atoms with Crippen molar-refractivity contribution in [2.45, 2.75) is 37.5 Å². The standard InChI is InChI=1S/C21H29N3O2/c1-2-13-24(12-1)14-4-16-26-19-7-5-18(6-8-19)21(9-3-15-25-17-21)20-22-10-11-23-20/h5-8,10-11H,1-4,9,12-17H2,(H,22,23). The van der Waals surface area contributed by atoms with Crippen molar-refractivity contribution in [2.24, 2.45) is 0 Å². The molecule has 3 heterocycles. The zero-order valence-corrected chi connectivity index (χ0v) is 15.5. The van der Waals surface area contributed by atoms with Gasteiger partial charge in [0, 0.05) is 25.5 Å². The predicted molar refractivity (Wildman–Crippen MR) is 102 cm³/mol. The van der Waals surface area contributed by atoms with E-state index in [1.807, 2.05) is 12.4 Å². The summed E-state index contributed by atoms with van der Waals surface area (Å²) in [5.41, 5.74) is 1.08. The molecule has 1 unspecified atom stereocenters. The molecular formula is C21H29N3O2. The van der Waals surface area contributed by atoms with Crippen LogP contribution in [0.15, 0.2) is 36.7 Å². The van der Waals surface area contributed by atoms with E-state index in [1.165, 1.54) is 31.5 Å². The lowest BCUT2D eigenvalue weighted by molar-refractivity contribution is 0.0475. The Labute approximate surface area is 155 Å². The number of ether oxygens (including phenoxy) is 2. The lowest BCUT2D eigenvalue weighted by atomic mass is 9.75. The number of nitrogens with one attached hydrogen (secondary N) is 1. The second-order valence-electron chi connectivity index (χ2n) is 7.45. The van der Waals surface area contributed by atoms with E-state index in [4.69, 9.17) is 9.47 Å². The number of benzene rings is 1. The third kappa shape index (κ3) is 3.79. The van der Waals surface area contributed by atoms with Gasteiger partial charge in [-0.2, -0.15) is 0 Å². The van der Waals surface area contributed by atoms with Gasteiger partial charge in [0.25, 0.3) is 0 Å². The Bertz CT molecular complexity index is 657. The Balaban J connectivity index is 1.38. The summed E-state index contributed by atoms with van der Waals surface area (Å²) in [4.78, 5) is 10.4. The summed E-state index contributed by atoms with van der Waals surface area (Å²) < 4.78 is 11.8. The van der Waals surface area contributed by atoms with Gasteiger partial charge in [-0.1, -0.05) is 12.1 Å². The van der Waals surface area contributed by atoms with Crippen LogP contribution in [0.2, 0.25) is 0 Å². The molecule has 0 amide bonds. The molecular weight excluding hydrogens is 326 g/mol. The van der Waals surface area contributed by atoms with E-state index in [0.29, 0.717) is 6.61 Å². The van der Waals surface area contributed by atoms with Gasteiger partial charge < -0.3 is 19.4 Å². The molecule has 1 N–H and O–H groups in total. The number of H-pyrrole nitrogens is 1. The van der Waals surface area contributed by atoms with Crippen molar-refractivity contribution in [1.29, 1.82) is 0 Å². The van der Waals surface area contributed by atoms with E-state index in [9.17, 15) is 0 Å². The van der Waals surface area contributed by atoms with Gasteiger partial charge in [-0.3, -0.25) is 0 Å². The monoisotopic (exact) mass is 355 g/mol. The lowest BCUT2D eigenvalue weighted by Gasteiger charge is -2.36. The highest BCUT2D eigenvalue weighted by atomic mass is 16.5. The van der Waals surface area contributed by atoms with Crippen molar-refractivity contribution >= 4 is 0 Å². The van der Waals surface area contributed by atoms with Crippen LogP contribution in [0.3, 0.4) is 0 Å². The van der Waals surface area contributed by atoms with E-state index in [1.54, 1.807) is 0 Å². The lowest BCUT2D eigenvalue weighted by Crippen LogP contribution is -2.38. The zero-order valence-electron chi connectivity index (χ0n) is 15.5. The summed E-state index contributed by atoms with van der Waals surface area (Å²) in [6, 6.07) is 8.52. The number of aromatic amines is 1. The molecule has 2 aliphatic heterocycles. The molecule has 2 fully saturated rings. The molecule has 1 aromatic carbocycles. The van der Waals surface area contributed by atoms with Crippen LogP contribution >= 0.6 is 0 Å². The molecule has 1 atom stereocenters. The predicted octanol–water partition coefficient (Wildman–Crippen LogP) is 3.37. The van der Waals surface area contributed by atoms with Crippen molar-refractivity contribution in [3.8, 4) is 5.75 Å². The number of hydrogen-bond donors (Lipinski definition) is 1. The van der Waals surface area contributed by atoms with E-state index in [0.717, 1.165) is 50.6 Å². The first kappa shape index (κ1) is 17.6. The van der Waals surface area contributed by atoms with E-state index < -0.39 is 0 Å². The third-order valence-corrected chi connectivity index (χ3v) is 5.69. The van der Waals surface area contributed by atoms with Crippen LogP contribution in [0.1, 0.15) is 43.5 Å². The fourth-order valence-electron chi connectivity index (χ4n) is 4.23. The first-order chi connectivity index (χ1) is 12.9. The molecule has 2 aromatic rings. The van der Waals surface area contributed by atoms with E-state index >= 15 is 0 Å². The van der Waals surface area contributed by atoms with Crippen molar-refractivity contribution in [2.75, 3.05) is 39.5 Å². The molecule has 4 rings (SSSR count). The summed E-state index contributed by atoms with van der Waals surface area (Å²) in [6.07, 6.45) is 9.61. The van der Waals surface area contributed by atoms with Crippen LogP contribution in [0.5, 0.6) is 5.75 Å². The molecule has 0 spiro atoms. The molecule has 140 valence electrons. The highest BCUT2D eigenvalue weighted by Gasteiger charge is 2.38. The first-order valence-electron chi connectivity index (χ1n) is 9.90. The molecule has 0 bridgehead atoms. The van der Waals surface area contributed by atoms with Gasteiger partial charge in [-0.05, 0) is 62.9 Å². The van der Waals surface area contributed by atoms with Crippen LogP contribution in [0.4, 0.5) is 0 Å². The minimum absolute atomic E-state index is 0.171. The van der Waals surface area contributed by atoms with Gasteiger partial charge in [0.05, 0.1) is 18.6 Å². The number of imidazole rings is 1. The van der Waals surface area contributed by atoms with Gasteiger partial charge in [-0.25, -0.2) is 4.98 Å². The largest absolute Gasteiger partial charge is 0.494 e. The minimum Gasteiger partial charge on any atom is -0.494 e. The molecule has 2 aliphatic rings. The van der Waals surface area contributed by atoms with Gasteiger partial charge >= 0.3 is 0 Å². The van der Waals surface area contributed by atoms with Gasteiger partial charge in [-0.15, -0.1) is 0 Å². The molecule has 0 aliphatic carbocycles. The first-order valence-corrected chi connectivity index (χ1v) is 9.90. The zero-order chi connectivity index (χ0) is 17.7. The fraction of sp³-hybridized carbons (Fsp3) is 0.571. The number of hydrogen-bond acceptors (Lipinski definition) is 4. The Hall–Kier alpha value is -1.85. The summed E-state index contributed by atoms with van der Waals surface area (Å²) in [6.45, 7) is 5.95. The summed E-state index contributed by atoms with van der Waals surface area (Å²) in [5, 5.41) is 0. The van der Waals surface area contributed by atoms with Gasteiger partial charge in [0.2, 0.25) is 0 Å². The van der Waals surface area contributed by atoms with Crippen LogP contribution in [-0.2, 0) is 10.2 Å². The Kier molecular flexibility index (Phi) is 5.56. The molecule has 0 saturated carbocycles. The fourth-order valence-corrected chi connectivity index (χ4v) is 4.23. The quantitative estimate of drug-likeness (QED) is 0.774. The summed E-state index contributed by atoms with van der Waals surface area (Å²) >= 11 is 0. The maximum Gasteiger partial charge on any atom is 0.119 e. The number of nitrogens with zero attached hydrogens (tertiary/aromatic N) is 2. The van der Waals surface area contributed by atoms with E-state index in [-0.39, 0.29) is 5.41 Å². The van der Waals surface area contributed by atoms with Gasteiger partial charge in [0.1, 0.15) is 11.6 Å². The Morgan fingerprint density at radius 2 is 2.00 bits per heavy atom. The average molecular weight is 355 g/mol. The SMILES string of the molecule is c1c[nH]c(C2(c3ccc(OCCCN4CCCC4)cc3)CCCOC2)n1. The Morgan fingerprint density at radius 3 is 2.69 bits per heavy atom. The van der Waals surface area contributed by atoms with Crippen molar-refractivity contribution in [3.05, 3.63) is 48.0 Å². The second kappa shape index (κ2) is 8.23. The maximum absolute atomic E-state index is 5.95. The van der Waals surface area contributed by atoms with Crippen LogP contribution in [0.25, 0.3) is 0 Å². The molecule has 1 aromatic heterocycles. The van der Waals surface area contributed by atoms with Crippen LogP contribution in [-0.4, -0.2) is 54.3 Å². The van der Waals surface area contributed by atoms with Crippen molar-refractivity contribution < 1.29 is 9.47 Å².